The van der Waals surface area contributed by atoms with Crippen molar-refractivity contribution in [1.29, 1.82) is 0 Å². The molecule has 1 nitrogen and oxygen atoms in total. The van der Waals surface area contributed by atoms with Crippen molar-refractivity contribution in [2.75, 3.05) is 0 Å². The fourth-order valence-corrected chi connectivity index (χ4v) is 0.676. The molecule has 0 aliphatic heterocycles. The zero-order valence-electron chi connectivity index (χ0n) is 7.46. The number of rotatable bonds is 5. The Morgan fingerprint density at radius 1 is 1.45 bits per heavy atom. The lowest BCUT2D eigenvalue weighted by Gasteiger charge is -1.97. The van der Waals surface area contributed by atoms with E-state index >= 15 is 0 Å². The van der Waals surface area contributed by atoms with Crippen molar-refractivity contribution >= 4 is 6.21 Å². The van der Waals surface area contributed by atoms with Crippen LogP contribution in [0.25, 0.3) is 0 Å². The average molecular weight is 151 g/mol. The van der Waals surface area contributed by atoms with Crippen LogP contribution in [-0.2, 0) is 0 Å². The minimum atomic E-state index is 0.781. The van der Waals surface area contributed by atoms with Gasteiger partial charge in [-0.2, -0.15) is 0 Å². The van der Waals surface area contributed by atoms with Crippen LogP contribution in [0.15, 0.2) is 29.9 Å². The van der Waals surface area contributed by atoms with Gasteiger partial charge in [-0.05, 0) is 18.8 Å². The van der Waals surface area contributed by atoms with Gasteiger partial charge in [0.1, 0.15) is 0 Å². The van der Waals surface area contributed by atoms with Gasteiger partial charge in [0.15, 0.2) is 0 Å². The fourth-order valence-electron chi connectivity index (χ4n) is 0.676. The third kappa shape index (κ3) is 9.15. The van der Waals surface area contributed by atoms with Crippen LogP contribution in [0.1, 0.15) is 26.7 Å². The largest absolute Gasteiger partial charge is 0.265 e. The van der Waals surface area contributed by atoms with Gasteiger partial charge in [-0.15, -0.1) is 0 Å². The molecule has 0 aromatic carbocycles. The smallest absolute Gasteiger partial charge is 0.0261 e. The second-order valence-corrected chi connectivity index (χ2v) is 2.89. The summed E-state index contributed by atoms with van der Waals surface area (Å²) in [4.78, 5) is 3.96. The first-order chi connectivity index (χ1) is 5.27. The minimum absolute atomic E-state index is 0.781. The lowest BCUT2D eigenvalue weighted by atomic mass is 10.1. The zero-order chi connectivity index (χ0) is 8.53. The van der Waals surface area contributed by atoms with Gasteiger partial charge in [0.2, 0.25) is 0 Å². The Morgan fingerprint density at radius 2 is 2.18 bits per heavy atom. The van der Waals surface area contributed by atoms with E-state index in [1.807, 2.05) is 6.20 Å². The lowest BCUT2D eigenvalue weighted by Crippen LogP contribution is -1.83. The first kappa shape index (κ1) is 10.2. The van der Waals surface area contributed by atoms with Crippen molar-refractivity contribution in [3.63, 3.8) is 0 Å². The van der Waals surface area contributed by atoms with Crippen LogP contribution in [0.4, 0.5) is 0 Å². The highest BCUT2D eigenvalue weighted by Gasteiger charge is 1.88. The Balaban J connectivity index is 3.30. The lowest BCUT2D eigenvalue weighted by molar-refractivity contribution is 0.594. The summed E-state index contributed by atoms with van der Waals surface area (Å²) in [5.74, 6) is 0.781. The molecular formula is C10H17N. The molecule has 0 saturated heterocycles. The standard InChI is InChI=1S/C10H17N/c1-4-8-11-9-6-5-7-10(2)3/h4,6,8-10H,1,5,7H2,2-3H3/b9-6-,11-8?. The van der Waals surface area contributed by atoms with E-state index in [0.717, 1.165) is 12.3 Å². The fraction of sp³-hybridized carbons (Fsp3) is 0.500. The number of aliphatic imine (C=N–C) groups is 1. The maximum atomic E-state index is 3.96. The monoisotopic (exact) mass is 151 g/mol. The summed E-state index contributed by atoms with van der Waals surface area (Å²) in [5, 5.41) is 0. The van der Waals surface area contributed by atoms with E-state index < -0.39 is 0 Å². The van der Waals surface area contributed by atoms with E-state index in [2.05, 4.69) is 31.5 Å². The number of nitrogens with zero attached hydrogens (tertiary/aromatic N) is 1. The van der Waals surface area contributed by atoms with E-state index in [9.17, 15) is 0 Å². The normalized spacial score (nSPS) is 11.9. The van der Waals surface area contributed by atoms with Crippen LogP contribution in [0.2, 0.25) is 0 Å². The second kappa shape index (κ2) is 7.26. The van der Waals surface area contributed by atoms with E-state index in [4.69, 9.17) is 0 Å². The molecule has 11 heavy (non-hydrogen) atoms. The summed E-state index contributed by atoms with van der Waals surface area (Å²) in [7, 11) is 0. The summed E-state index contributed by atoms with van der Waals surface area (Å²) < 4.78 is 0. The zero-order valence-corrected chi connectivity index (χ0v) is 7.46. The van der Waals surface area contributed by atoms with E-state index in [0.29, 0.717) is 0 Å². The molecule has 0 saturated carbocycles. The van der Waals surface area contributed by atoms with E-state index in [1.54, 1.807) is 12.3 Å². The number of allylic oxidation sites excluding steroid dienone is 2. The molecule has 0 N–H and O–H groups in total. The summed E-state index contributed by atoms with van der Waals surface area (Å²) in [6, 6.07) is 0. The van der Waals surface area contributed by atoms with Gasteiger partial charge in [-0.1, -0.05) is 32.6 Å². The molecule has 0 rings (SSSR count). The Morgan fingerprint density at radius 3 is 2.73 bits per heavy atom. The predicted molar refractivity (Wildman–Crippen MR) is 51.9 cm³/mol. The van der Waals surface area contributed by atoms with Crippen LogP contribution in [0.3, 0.4) is 0 Å². The van der Waals surface area contributed by atoms with E-state index in [-0.39, 0.29) is 0 Å². The summed E-state index contributed by atoms with van der Waals surface area (Å²) in [6.07, 6.45) is 9.62. The Hall–Kier alpha value is -0.850. The maximum absolute atomic E-state index is 3.96. The molecule has 0 radical (unpaired) electrons. The summed E-state index contributed by atoms with van der Waals surface area (Å²) >= 11 is 0. The average Bonchev–Trinajstić information content (AvgIpc) is 1.96. The SMILES string of the molecule is C=CC=N/C=C\CCC(C)C. The Labute approximate surface area is 69.5 Å². The molecule has 0 unspecified atom stereocenters. The van der Waals surface area contributed by atoms with Gasteiger partial charge in [-0.25, -0.2) is 0 Å². The number of hydrogen-bond acceptors (Lipinski definition) is 1. The second-order valence-electron chi connectivity index (χ2n) is 2.89. The van der Waals surface area contributed by atoms with Crippen molar-refractivity contribution in [3.05, 3.63) is 24.9 Å². The van der Waals surface area contributed by atoms with Crippen molar-refractivity contribution in [3.8, 4) is 0 Å². The summed E-state index contributed by atoms with van der Waals surface area (Å²) in [5.41, 5.74) is 0. The molecule has 0 aromatic rings. The van der Waals surface area contributed by atoms with Crippen molar-refractivity contribution in [2.24, 2.45) is 10.9 Å². The Bertz CT molecular complexity index is 143. The van der Waals surface area contributed by atoms with Crippen LogP contribution >= 0.6 is 0 Å². The minimum Gasteiger partial charge on any atom is -0.265 e. The molecule has 0 aliphatic carbocycles. The first-order valence-corrected chi connectivity index (χ1v) is 4.06. The third-order valence-electron chi connectivity index (χ3n) is 1.29. The molecular weight excluding hydrogens is 134 g/mol. The van der Waals surface area contributed by atoms with Crippen LogP contribution in [0, 0.1) is 5.92 Å². The Kier molecular flexibility index (Phi) is 6.70. The number of hydrogen-bond donors (Lipinski definition) is 0. The van der Waals surface area contributed by atoms with Gasteiger partial charge >= 0.3 is 0 Å². The van der Waals surface area contributed by atoms with Gasteiger partial charge < -0.3 is 0 Å². The van der Waals surface area contributed by atoms with Crippen molar-refractivity contribution in [1.82, 2.24) is 0 Å². The van der Waals surface area contributed by atoms with Crippen LogP contribution < -0.4 is 0 Å². The molecule has 0 amide bonds. The molecule has 1 heteroatoms. The van der Waals surface area contributed by atoms with Gasteiger partial charge in [0, 0.05) is 12.4 Å². The van der Waals surface area contributed by atoms with Gasteiger partial charge in [0.05, 0.1) is 0 Å². The van der Waals surface area contributed by atoms with Crippen LogP contribution in [0.5, 0.6) is 0 Å². The molecule has 0 aliphatic rings. The molecule has 62 valence electrons. The highest BCUT2D eigenvalue weighted by Crippen LogP contribution is 2.03. The van der Waals surface area contributed by atoms with E-state index in [1.165, 1.54) is 6.42 Å². The molecule has 0 heterocycles. The topological polar surface area (TPSA) is 12.4 Å². The highest BCUT2D eigenvalue weighted by atomic mass is 14.6. The molecule has 0 aromatic heterocycles. The molecule has 0 spiro atoms. The predicted octanol–water partition coefficient (Wildman–Crippen LogP) is 3.19. The van der Waals surface area contributed by atoms with Gasteiger partial charge in [0.25, 0.3) is 0 Å². The highest BCUT2D eigenvalue weighted by molar-refractivity contribution is 5.70. The molecule has 0 bridgehead atoms. The van der Waals surface area contributed by atoms with Gasteiger partial charge in [-0.3, -0.25) is 4.99 Å². The van der Waals surface area contributed by atoms with Crippen LogP contribution in [-0.4, -0.2) is 6.21 Å². The first-order valence-electron chi connectivity index (χ1n) is 4.06. The summed E-state index contributed by atoms with van der Waals surface area (Å²) in [6.45, 7) is 7.97. The van der Waals surface area contributed by atoms with Crippen molar-refractivity contribution in [2.45, 2.75) is 26.7 Å². The molecule has 0 atom stereocenters. The maximum Gasteiger partial charge on any atom is 0.0261 e. The third-order valence-corrected chi connectivity index (χ3v) is 1.29. The molecule has 0 fully saturated rings. The van der Waals surface area contributed by atoms with Crippen molar-refractivity contribution < 1.29 is 0 Å². The quantitative estimate of drug-likeness (QED) is 0.535.